The molecule has 1 aromatic carbocycles. The zero-order valence-corrected chi connectivity index (χ0v) is 14.6. The molecule has 2 aromatic rings. The van der Waals surface area contributed by atoms with Gasteiger partial charge in [-0.15, -0.1) is 0 Å². The van der Waals surface area contributed by atoms with Crippen LogP contribution < -0.4 is 11.1 Å². The molecule has 2 bridgehead atoms. The van der Waals surface area contributed by atoms with Crippen molar-refractivity contribution in [1.82, 2.24) is 10.3 Å². The van der Waals surface area contributed by atoms with Crippen LogP contribution in [0.5, 0.6) is 0 Å². The van der Waals surface area contributed by atoms with Gasteiger partial charge in [-0.05, 0) is 60.8 Å². The zero-order valence-electron chi connectivity index (χ0n) is 14.6. The number of aromatic nitrogens is 1. The maximum absolute atomic E-state index is 12.7. The van der Waals surface area contributed by atoms with Crippen molar-refractivity contribution in [2.75, 3.05) is 0 Å². The van der Waals surface area contributed by atoms with Gasteiger partial charge in [0.15, 0.2) is 0 Å². The summed E-state index contributed by atoms with van der Waals surface area (Å²) in [6.07, 6.45) is 7.12. The smallest absolute Gasteiger partial charge is 0.225 e. The Morgan fingerprint density at radius 3 is 2.56 bits per heavy atom. The van der Waals surface area contributed by atoms with Crippen LogP contribution >= 0.6 is 0 Å². The lowest BCUT2D eigenvalue weighted by molar-refractivity contribution is -0.127. The summed E-state index contributed by atoms with van der Waals surface area (Å²) in [6, 6.07) is 12.3. The number of nitrogens with zero attached hydrogens (tertiary/aromatic N) is 1. The van der Waals surface area contributed by atoms with Crippen molar-refractivity contribution in [2.45, 2.75) is 38.3 Å². The molecule has 0 spiro atoms. The highest BCUT2D eigenvalue weighted by molar-refractivity contribution is 5.81. The molecule has 4 nitrogen and oxygen atoms in total. The Bertz CT molecular complexity index is 741. The largest absolute Gasteiger partial charge is 0.349 e. The molecule has 0 radical (unpaired) electrons. The highest BCUT2D eigenvalue weighted by atomic mass is 16.2. The highest BCUT2D eigenvalue weighted by Crippen LogP contribution is 2.47. The third kappa shape index (κ3) is 3.07. The third-order valence-corrected chi connectivity index (χ3v) is 6.05. The van der Waals surface area contributed by atoms with Crippen LogP contribution in [0.25, 0.3) is 11.1 Å². The first-order valence-corrected chi connectivity index (χ1v) is 9.20. The van der Waals surface area contributed by atoms with Crippen molar-refractivity contribution in [3.05, 3.63) is 54.4 Å². The third-order valence-electron chi connectivity index (χ3n) is 6.05. The van der Waals surface area contributed by atoms with Crippen LogP contribution in [0.4, 0.5) is 0 Å². The van der Waals surface area contributed by atoms with Crippen LogP contribution in [0.1, 0.15) is 37.8 Å². The summed E-state index contributed by atoms with van der Waals surface area (Å²) in [5, 5.41) is 3.18. The summed E-state index contributed by atoms with van der Waals surface area (Å²) in [5.41, 5.74) is 9.63. The lowest BCUT2D eigenvalue weighted by Crippen LogP contribution is -2.45. The Kier molecular flexibility index (Phi) is 4.30. The van der Waals surface area contributed by atoms with Crippen LogP contribution in [0, 0.1) is 17.8 Å². The Labute approximate surface area is 148 Å². The standard InChI is InChI=1S/C21H25N3O/c1-13(24-21(25)19-16-8-9-17(11-16)20(19)22)14-4-6-15(7-5-14)18-3-2-10-23-12-18/h2-7,10,12-13,16-17,19-20H,8-9,11,22H2,1H3,(H,24,25). The molecule has 2 saturated carbocycles. The van der Waals surface area contributed by atoms with Crippen LogP contribution in [0.15, 0.2) is 48.8 Å². The van der Waals surface area contributed by atoms with E-state index in [9.17, 15) is 4.79 Å². The molecule has 0 aliphatic heterocycles. The number of fused-ring (bicyclic) bond motifs is 2. The van der Waals surface area contributed by atoms with E-state index in [4.69, 9.17) is 5.73 Å². The van der Waals surface area contributed by atoms with E-state index < -0.39 is 0 Å². The minimum Gasteiger partial charge on any atom is -0.349 e. The van der Waals surface area contributed by atoms with Gasteiger partial charge in [-0.2, -0.15) is 0 Å². The molecule has 4 heteroatoms. The number of rotatable bonds is 4. The topological polar surface area (TPSA) is 68.0 Å². The Balaban J connectivity index is 1.43. The fraction of sp³-hybridized carbons (Fsp3) is 0.429. The first kappa shape index (κ1) is 16.3. The second-order valence-corrected chi connectivity index (χ2v) is 7.53. The second kappa shape index (κ2) is 6.60. The van der Waals surface area contributed by atoms with E-state index in [0.29, 0.717) is 11.8 Å². The summed E-state index contributed by atoms with van der Waals surface area (Å²) in [6.45, 7) is 2.04. The number of carbonyl (C=O) groups is 1. The van der Waals surface area contributed by atoms with Crippen LogP contribution in [-0.2, 0) is 4.79 Å². The van der Waals surface area contributed by atoms with Gasteiger partial charge in [0.25, 0.3) is 0 Å². The van der Waals surface area contributed by atoms with Gasteiger partial charge in [0.2, 0.25) is 5.91 Å². The fourth-order valence-corrected chi connectivity index (χ4v) is 4.62. The van der Waals surface area contributed by atoms with E-state index in [2.05, 4.69) is 34.6 Å². The van der Waals surface area contributed by atoms with E-state index in [1.165, 1.54) is 6.42 Å². The van der Waals surface area contributed by atoms with Gasteiger partial charge in [-0.25, -0.2) is 0 Å². The average Bonchev–Trinajstić information content (AvgIpc) is 3.23. The summed E-state index contributed by atoms with van der Waals surface area (Å²) in [5.74, 6) is 1.16. The van der Waals surface area contributed by atoms with Gasteiger partial charge in [0, 0.05) is 18.4 Å². The Hall–Kier alpha value is -2.20. The normalized spacial score (nSPS) is 28.7. The molecule has 5 atom stereocenters. The number of hydrogen-bond donors (Lipinski definition) is 2. The quantitative estimate of drug-likeness (QED) is 0.901. The number of hydrogen-bond acceptors (Lipinski definition) is 3. The highest BCUT2D eigenvalue weighted by Gasteiger charge is 2.49. The van der Waals surface area contributed by atoms with Crippen molar-refractivity contribution < 1.29 is 4.79 Å². The number of nitrogens with two attached hydrogens (primary N) is 1. The Morgan fingerprint density at radius 2 is 1.92 bits per heavy atom. The van der Waals surface area contributed by atoms with Crippen molar-refractivity contribution in [1.29, 1.82) is 0 Å². The molecule has 2 aliphatic rings. The summed E-state index contributed by atoms with van der Waals surface area (Å²) < 4.78 is 0. The van der Waals surface area contributed by atoms with Crippen LogP contribution in [0.2, 0.25) is 0 Å². The molecule has 5 unspecified atom stereocenters. The number of pyridine rings is 1. The molecule has 1 amide bonds. The predicted octanol–water partition coefficient (Wildman–Crippen LogP) is 3.30. The maximum atomic E-state index is 12.7. The molecule has 2 aliphatic carbocycles. The van der Waals surface area contributed by atoms with Crippen molar-refractivity contribution in [3.8, 4) is 11.1 Å². The van der Waals surface area contributed by atoms with Crippen LogP contribution in [0.3, 0.4) is 0 Å². The minimum absolute atomic E-state index is 0.00383. The first-order chi connectivity index (χ1) is 12.1. The number of nitrogens with one attached hydrogen (secondary N) is 1. The Morgan fingerprint density at radius 1 is 1.16 bits per heavy atom. The van der Waals surface area contributed by atoms with E-state index in [1.807, 2.05) is 25.3 Å². The van der Waals surface area contributed by atoms with Gasteiger partial charge in [-0.3, -0.25) is 9.78 Å². The van der Waals surface area contributed by atoms with E-state index in [-0.39, 0.29) is 23.9 Å². The number of carbonyl (C=O) groups excluding carboxylic acids is 1. The van der Waals surface area contributed by atoms with Gasteiger partial charge >= 0.3 is 0 Å². The predicted molar refractivity (Wildman–Crippen MR) is 98.5 cm³/mol. The van der Waals surface area contributed by atoms with Gasteiger partial charge in [0.05, 0.1) is 12.0 Å². The van der Waals surface area contributed by atoms with E-state index >= 15 is 0 Å². The lowest BCUT2D eigenvalue weighted by atomic mass is 9.84. The van der Waals surface area contributed by atoms with Gasteiger partial charge in [-0.1, -0.05) is 30.3 Å². The average molecular weight is 335 g/mol. The van der Waals surface area contributed by atoms with Gasteiger partial charge < -0.3 is 11.1 Å². The van der Waals surface area contributed by atoms with Crippen molar-refractivity contribution in [2.24, 2.45) is 23.5 Å². The van der Waals surface area contributed by atoms with Crippen molar-refractivity contribution in [3.63, 3.8) is 0 Å². The molecule has 130 valence electrons. The first-order valence-electron chi connectivity index (χ1n) is 9.20. The fourth-order valence-electron chi connectivity index (χ4n) is 4.62. The SMILES string of the molecule is CC(NC(=O)C1C2CCC(C2)C1N)c1ccc(-c2cccnc2)cc1. The van der Waals surface area contributed by atoms with E-state index in [0.717, 1.165) is 29.5 Å². The molecule has 1 aromatic heterocycles. The van der Waals surface area contributed by atoms with Crippen molar-refractivity contribution >= 4 is 5.91 Å². The van der Waals surface area contributed by atoms with E-state index in [1.54, 1.807) is 6.20 Å². The summed E-state index contributed by atoms with van der Waals surface area (Å²) in [7, 11) is 0. The minimum atomic E-state index is -0.0122. The number of benzene rings is 1. The molecule has 25 heavy (non-hydrogen) atoms. The molecule has 2 fully saturated rings. The monoisotopic (exact) mass is 335 g/mol. The molecule has 3 N–H and O–H groups in total. The lowest BCUT2D eigenvalue weighted by Gasteiger charge is -2.28. The molecular formula is C21H25N3O. The number of amides is 1. The zero-order chi connectivity index (χ0) is 17.4. The molecule has 1 heterocycles. The van der Waals surface area contributed by atoms with Crippen LogP contribution in [-0.4, -0.2) is 16.9 Å². The molecule has 4 rings (SSSR count). The molecular weight excluding hydrogens is 310 g/mol. The molecule has 0 saturated heterocycles. The summed E-state index contributed by atoms with van der Waals surface area (Å²) >= 11 is 0. The maximum Gasteiger partial charge on any atom is 0.225 e. The second-order valence-electron chi connectivity index (χ2n) is 7.53. The summed E-state index contributed by atoms with van der Waals surface area (Å²) in [4.78, 5) is 16.9. The van der Waals surface area contributed by atoms with Gasteiger partial charge in [0.1, 0.15) is 0 Å².